The summed E-state index contributed by atoms with van der Waals surface area (Å²) in [6.07, 6.45) is 3.37. The fourth-order valence-electron chi connectivity index (χ4n) is 2.81. The van der Waals surface area contributed by atoms with Crippen LogP contribution in [0, 0.1) is 6.92 Å². The molecule has 3 heterocycles. The first-order chi connectivity index (χ1) is 10.6. The van der Waals surface area contributed by atoms with Gasteiger partial charge in [0.15, 0.2) is 10.8 Å². The zero-order valence-corrected chi connectivity index (χ0v) is 13.6. The van der Waals surface area contributed by atoms with Crippen LogP contribution in [0.25, 0.3) is 5.65 Å². The number of hydrogen-bond donors (Lipinski definition) is 1. The number of anilines is 1. The Morgan fingerprint density at radius 3 is 3.05 bits per heavy atom. The second kappa shape index (κ2) is 6.12. The number of aryl methyl sites for hydroxylation is 1. The third-order valence-electron chi connectivity index (χ3n) is 3.96. The predicted molar refractivity (Wildman–Crippen MR) is 85.7 cm³/mol. The van der Waals surface area contributed by atoms with Crippen molar-refractivity contribution in [2.75, 3.05) is 18.0 Å². The SMILES string of the molecule is Cc1cc2nnc(SCC(=O)N3CCCCC3C)n2c(N)n1. The Hall–Kier alpha value is -1.83. The summed E-state index contributed by atoms with van der Waals surface area (Å²) in [6, 6.07) is 2.15. The molecule has 0 aliphatic carbocycles. The van der Waals surface area contributed by atoms with E-state index in [1.165, 1.54) is 18.2 Å². The molecule has 8 heteroatoms. The molecule has 1 fully saturated rings. The molecule has 0 spiro atoms. The van der Waals surface area contributed by atoms with Crippen molar-refractivity contribution >= 4 is 29.3 Å². The first-order valence-corrected chi connectivity index (χ1v) is 8.45. The molecule has 1 saturated heterocycles. The molecule has 22 heavy (non-hydrogen) atoms. The second-order valence-electron chi connectivity index (χ2n) is 5.65. The molecule has 118 valence electrons. The Balaban J connectivity index is 1.73. The summed E-state index contributed by atoms with van der Waals surface area (Å²) >= 11 is 1.36. The van der Waals surface area contributed by atoms with E-state index in [1.54, 1.807) is 4.40 Å². The number of carbonyl (C=O) groups is 1. The zero-order chi connectivity index (χ0) is 15.7. The molecular formula is C14H20N6OS. The fraction of sp³-hybridized carbons (Fsp3) is 0.571. The number of nitrogen functional groups attached to an aromatic ring is 1. The van der Waals surface area contributed by atoms with Crippen LogP contribution in [-0.4, -0.2) is 48.7 Å². The van der Waals surface area contributed by atoms with E-state index in [2.05, 4.69) is 22.1 Å². The van der Waals surface area contributed by atoms with Gasteiger partial charge in [0.25, 0.3) is 0 Å². The molecule has 3 rings (SSSR count). The van der Waals surface area contributed by atoms with Crippen molar-refractivity contribution in [3.05, 3.63) is 11.8 Å². The summed E-state index contributed by atoms with van der Waals surface area (Å²) in [5, 5.41) is 8.82. The third kappa shape index (κ3) is 2.87. The molecule has 1 amide bonds. The fourth-order valence-corrected chi connectivity index (χ4v) is 3.64. The van der Waals surface area contributed by atoms with Gasteiger partial charge >= 0.3 is 0 Å². The molecule has 1 aliphatic heterocycles. The monoisotopic (exact) mass is 320 g/mol. The van der Waals surface area contributed by atoms with E-state index in [0.717, 1.165) is 25.1 Å². The summed E-state index contributed by atoms with van der Waals surface area (Å²) in [6.45, 7) is 4.82. The minimum atomic E-state index is 0.146. The lowest BCUT2D eigenvalue weighted by Gasteiger charge is -2.33. The first-order valence-electron chi connectivity index (χ1n) is 7.47. The van der Waals surface area contributed by atoms with Gasteiger partial charge in [0, 0.05) is 24.3 Å². The van der Waals surface area contributed by atoms with Crippen LogP contribution in [0.2, 0.25) is 0 Å². The molecular weight excluding hydrogens is 300 g/mol. The Bertz CT molecular complexity index is 700. The zero-order valence-electron chi connectivity index (χ0n) is 12.8. The molecule has 0 saturated carbocycles. The minimum Gasteiger partial charge on any atom is -0.369 e. The number of nitrogens with two attached hydrogens (primary N) is 1. The maximum Gasteiger partial charge on any atom is 0.233 e. The van der Waals surface area contributed by atoms with Gasteiger partial charge in [-0.3, -0.25) is 4.79 Å². The third-order valence-corrected chi connectivity index (χ3v) is 4.88. The van der Waals surface area contributed by atoms with E-state index < -0.39 is 0 Å². The molecule has 2 aromatic rings. The van der Waals surface area contributed by atoms with E-state index in [1.807, 2.05) is 17.9 Å². The van der Waals surface area contributed by atoms with Crippen LogP contribution in [0.1, 0.15) is 31.9 Å². The standard InChI is InChI=1S/C14H20N6OS/c1-9-7-11-17-18-14(20(11)13(15)16-9)22-8-12(21)19-6-4-3-5-10(19)2/h7,10H,3-6,8H2,1-2H3,(H2,15,16). The second-order valence-corrected chi connectivity index (χ2v) is 6.60. The van der Waals surface area contributed by atoms with Gasteiger partial charge in [0.05, 0.1) is 5.75 Å². The summed E-state index contributed by atoms with van der Waals surface area (Å²) in [7, 11) is 0. The lowest BCUT2D eigenvalue weighted by molar-refractivity contribution is -0.131. The number of rotatable bonds is 3. The highest BCUT2D eigenvalue weighted by Gasteiger charge is 2.23. The number of fused-ring (bicyclic) bond motifs is 1. The van der Waals surface area contributed by atoms with Gasteiger partial charge in [0.1, 0.15) is 0 Å². The van der Waals surface area contributed by atoms with Crippen molar-refractivity contribution in [3.63, 3.8) is 0 Å². The molecule has 2 N–H and O–H groups in total. The van der Waals surface area contributed by atoms with Crippen LogP contribution in [0.15, 0.2) is 11.2 Å². The van der Waals surface area contributed by atoms with Crippen molar-refractivity contribution in [1.29, 1.82) is 0 Å². The number of aromatic nitrogens is 4. The van der Waals surface area contributed by atoms with Gasteiger partial charge in [-0.1, -0.05) is 11.8 Å². The van der Waals surface area contributed by atoms with Gasteiger partial charge in [-0.15, -0.1) is 10.2 Å². The van der Waals surface area contributed by atoms with Gasteiger partial charge < -0.3 is 10.6 Å². The van der Waals surface area contributed by atoms with Crippen LogP contribution in [0.5, 0.6) is 0 Å². The Labute approximate surface area is 133 Å². The number of thioether (sulfide) groups is 1. The lowest BCUT2D eigenvalue weighted by Crippen LogP contribution is -2.42. The number of amides is 1. The molecule has 2 aromatic heterocycles. The van der Waals surface area contributed by atoms with Crippen LogP contribution in [0.4, 0.5) is 5.95 Å². The van der Waals surface area contributed by atoms with Crippen LogP contribution >= 0.6 is 11.8 Å². The molecule has 0 bridgehead atoms. The van der Waals surface area contributed by atoms with Crippen molar-refractivity contribution in [3.8, 4) is 0 Å². The van der Waals surface area contributed by atoms with E-state index in [4.69, 9.17) is 5.73 Å². The highest BCUT2D eigenvalue weighted by atomic mass is 32.2. The molecule has 7 nitrogen and oxygen atoms in total. The lowest BCUT2D eigenvalue weighted by atomic mass is 10.0. The number of carbonyl (C=O) groups excluding carboxylic acids is 1. The number of piperidine rings is 1. The highest BCUT2D eigenvalue weighted by molar-refractivity contribution is 7.99. The van der Waals surface area contributed by atoms with Gasteiger partial charge in [-0.2, -0.15) is 0 Å². The smallest absolute Gasteiger partial charge is 0.233 e. The number of likely N-dealkylation sites (tertiary alicyclic amines) is 1. The molecule has 1 atom stereocenters. The highest BCUT2D eigenvalue weighted by Crippen LogP contribution is 2.22. The molecule has 1 aliphatic rings. The largest absolute Gasteiger partial charge is 0.369 e. The van der Waals surface area contributed by atoms with E-state index in [-0.39, 0.29) is 5.91 Å². The predicted octanol–water partition coefficient (Wildman–Crippen LogP) is 1.51. The average molecular weight is 320 g/mol. The van der Waals surface area contributed by atoms with Crippen molar-refractivity contribution in [2.45, 2.75) is 44.3 Å². The van der Waals surface area contributed by atoms with Crippen LogP contribution in [0.3, 0.4) is 0 Å². The van der Waals surface area contributed by atoms with Gasteiger partial charge in [-0.05, 0) is 33.1 Å². The van der Waals surface area contributed by atoms with E-state index >= 15 is 0 Å². The topological polar surface area (TPSA) is 89.4 Å². The normalized spacial score (nSPS) is 18.8. The number of nitrogens with zero attached hydrogens (tertiary/aromatic N) is 5. The molecule has 0 aromatic carbocycles. The van der Waals surface area contributed by atoms with Gasteiger partial charge in [-0.25, -0.2) is 9.38 Å². The summed E-state index contributed by atoms with van der Waals surface area (Å²) < 4.78 is 1.69. The van der Waals surface area contributed by atoms with Crippen molar-refractivity contribution < 1.29 is 4.79 Å². The Kier molecular flexibility index (Phi) is 4.19. The molecule has 1 unspecified atom stereocenters. The van der Waals surface area contributed by atoms with E-state index in [9.17, 15) is 4.79 Å². The quantitative estimate of drug-likeness (QED) is 0.862. The Morgan fingerprint density at radius 2 is 2.27 bits per heavy atom. The summed E-state index contributed by atoms with van der Waals surface area (Å²) in [5.74, 6) is 0.840. The average Bonchev–Trinajstić information content (AvgIpc) is 2.88. The maximum absolute atomic E-state index is 12.4. The van der Waals surface area contributed by atoms with Crippen LogP contribution < -0.4 is 5.73 Å². The van der Waals surface area contributed by atoms with Crippen molar-refractivity contribution in [1.82, 2.24) is 24.5 Å². The summed E-state index contributed by atoms with van der Waals surface area (Å²) in [5.41, 5.74) is 7.39. The van der Waals surface area contributed by atoms with E-state index in [0.29, 0.717) is 28.5 Å². The Morgan fingerprint density at radius 1 is 1.45 bits per heavy atom. The molecule has 0 radical (unpaired) electrons. The first kappa shape index (κ1) is 15.1. The van der Waals surface area contributed by atoms with Crippen LogP contribution in [-0.2, 0) is 4.79 Å². The van der Waals surface area contributed by atoms with Crippen molar-refractivity contribution in [2.24, 2.45) is 0 Å². The maximum atomic E-state index is 12.4. The summed E-state index contributed by atoms with van der Waals surface area (Å²) in [4.78, 5) is 18.6. The number of hydrogen-bond acceptors (Lipinski definition) is 6. The van der Waals surface area contributed by atoms with Gasteiger partial charge in [0.2, 0.25) is 11.9 Å². The minimum absolute atomic E-state index is 0.146.